The van der Waals surface area contributed by atoms with Gasteiger partial charge in [0.2, 0.25) is 5.95 Å². The van der Waals surface area contributed by atoms with Gasteiger partial charge in [-0.25, -0.2) is 9.97 Å². The summed E-state index contributed by atoms with van der Waals surface area (Å²) in [5, 5.41) is 8.00. The summed E-state index contributed by atoms with van der Waals surface area (Å²) in [5.74, 6) is 1.18. The Kier molecular flexibility index (Phi) is 5.34. The lowest BCUT2D eigenvalue weighted by atomic mass is 10.1. The summed E-state index contributed by atoms with van der Waals surface area (Å²) >= 11 is 0. The van der Waals surface area contributed by atoms with Crippen molar-refractivity contribution in [3.63, 3.8) is 0 Å². The molecule has 1 aromatic carbocycles. The van der Waals surface area contributed by atoms with E-state index in [1.807, 2.05) is 18.2 Å². The second-order valence-electron chi connectivity index (χ2n) is 8.73. The Labute approximate surface area is 188 Å². The van der Waals surface area contributed by atoms with Gasteiger partial charge < -0.3 is 25.6 Å². The van der Waals surface area contributed by atoms with Crippen molar-refractivity contribution in [1.82, 2.24) is 24.6 Å². The first-order chi connectivity index (χ1) is 15.5. The van der Waals surface area contributed by atoms with Crippen LogP contribution in [0.2, 0.25) is 0 Å². The second-order valence-corrected chi connectivity index (χ2v) is 8.73. The van der Waals surface area contributed by atoms with Gasteiger partial charge in [0.15, 0.2) is 0 Å². The molecule has 9 heteroatoms. The topological polar surface area (TPSA) is 97.4 Å². The average Bonchev–Trinajstić information content (AvgIpc) is 3.18. The fraction of sp³-hybridized carbons (Fsp3) is 0.435. The van der Waals surface area contributed by atoms with Crippen molar-refractivity contribution in [2.24, 2.45) is 0 Å². The van der Waals surface area contributed by atoms with Crippen LogP contribution in [0.1, 0.15) is 18.5 Å². The van der Waals surface area contributed by atoms with Crippen molar-refractivity contribution in [3.8, 4) is 17.1 Å². The van der Waals surface area contributed by atoms with Crippen molar-refractivity contribution in [1.29, 1.82) is 0 Å². The third-order valence-electron chi connectivity index (χ3n) is 6.36. The molecule has 0 radical (unpaired) electrons. The molecule has 168 valence electrons. The molecule has 4 heterocycles. The number of benzene rings is 1. The number of methoxy groups -OCH3 is 1. The van der Waals surface area contributed by atoms with Gasteiger partial charge in [-0.15, -0.1) is 0 Å². The molecular formula is C23H30N8O. The van der Waals surface area contributed by atoms with Crippen molar-refractivity contribution >= 4 is 23.0 Å². The van der Waals surface area contributed by atoms with Gasteiger partial charge in [-0.05, 0) is 51.6 Å². The van der Waals surface area contributed by atoms with Gasteiger partial charge in [-0.2, -0.15) is 5.10 Å². The number of ether oxygens (including phenoxy) is 1. The molecule has 2 aromatic heterocycles. The smallest absolute Gasteiger partial charge is 0.227 e. The van der Waals surface area contributed by atoms with Crippen LogP contribution in [0.15, 0.2) is 30.5 Å². The highest BCUT2D eigenvalue weighted by Gasteiger charge is 2.30. The van der Waals surface area contributed by atoms with Gasteiger partial charge in [-0.3, -0.25) is 4.68 Å². The Morgan fingerprint density at radius 3 is 2.75 bits per heavy atom. The Balaban J connectivity index is 1.37. The van der Waals surface area contributed by atoms with E-state index in [0.717, 1.165) is 48.8 Å². The van der Waals surface area contributed by atoms with E-state index < -0.39 is 0 Å². The van der Waals surface area contributed by atoms with E-state index in [0.29, 0.717) is 23.4 Å². The van der Waals surface area contributed by atoms with Crippen LogP contribution in [0.5, 0.6) is 5.75 Å². The standard InChI is InChI=1S/C23H30N8O/c1-29(2)16-13-30(14-16)21-12-22(32-3)20(11-17(21)24)27-23-25-8-7-18(26-23)19-10-15-6-4-5-9-31(15)28-19/h7-8,10-12,16H,4-6,9,13-14,24H2,1-3H3,(H,25,26,27). The average molecular weight is 435 g/mol. The number of nitrogens with zero attached hydrogens (tertiary/aromatic N) is 6. The number of nitrogen functional groups attached to an aromatic ring is 1. The first-order valence-electron chi connectivity index (χ1n) is 11.1. The Bertz CT molecular complexity index is 1100. The number of anilines is 4. The van der Waals surface area contributed by atoms with E-state index >= 15 is 0 Å². The monoisotopic (exact) mass is 434 g/mol. The number of likely N-dealkylation sites (N-methyl/N-ethyl adjacent to an activating group) is 1. The quantitative estimate of drug-likeness (QED) is 0.572. The van der Waals surface area contributed by atoms with Crippen molar-refractivity contribution in [3.05, 3.63) is 36.2 Å². The lowest BCUT2D eigenvalue weighted by Gasteiger charge is -2.44. The molecule has 9 nitrogen and oxygen atoms in total. The number of fused-ring (bicyclic) bond motifs is 1. The number of aromatic nitrogens is 4. The number of hydrogen-bond donors (Lipinski definition) is 2. The number of rotatable bonds is 6. The maximum atomic E-state index is 6.40. The molecule has 2 aliphatic rings. The van der Waals surface area contributed by atoms with Crippen molar-refractivity contribution in [2.75, 3.05) is 50.2 Å². The summed E-state index contributed by atoms with van der Waals surface area (Å²) in [6, 6.07) is 8.44. The molecule has 5 rings (SSSR count). The van der Waals surface area contributed by atoms with Crippen LogP contribution in [0.3, 0.4) is 0 Å². The minimum absolute atomic E-state index is 0.482. The fourth-order valence-corrected chi connectivity index (χ4v) is 4.33. The zero-order chi connectivity index (χ0) is 22.2. The third-order valence-corrected chi connectivity index (χ3v) is 6.36. The van der Waals surface area contributed by atoms with Crippen LogP contribution in [0.4, 0.5) is 23.0 Å². The summed E-state index contributed by atoms with van der Waals surface area (Å²) in [4.78, 5) is 13.6. The Hall–Kier alpha value is -3.33. The first kappa shape index (κ1) is 20.6. The molecule has 1 fully saturated rings. The molecule has 0 spiro atoms. The molecule has 0 unspecified atom stereocenters. The normalized spacial score (nSPS) is 16.1. The van der Waals surface area contributed by atoms with Crippen LogP contribution in [-0.4, -0.2) is 65.0 Å². The summed E-state index contributed by atoms with van der Waals surface area (Å²) in [7, 11) is 5.87. The summed E-state index contributed by atoms with van der Waals surface area (Å²) in [5.41, 5.74) is 11.8. The fourth-order valence-electron chi connectivity index (χ4n) is 4.33. The maximum absolute atomic E-state index is 6.40. The van der Waals surface area contributed by atoms with E-state index in [1.54, 1.807) is 13.3 Å². The number of nitrogens with one attached hydrogen (secondary N) is 1. The highest BCUT2D eigenvalue weighted by molar-refractivity contribution is 5.80. The van der Waals surface area contributed by atoms with E-state index in [2.05, 4.69) is 44.9 Å². The van der Waals surface area contributed by atoms with Gasteiger partial charge >= 0.3 is 0 Å². The largest absolute Gasteiger partial charge is 0.494 e. The summed E-state index contributed by atoms with van der Waals surface area (Å²) < 4.78 is 7.74. The molecule has 3 aromatic rings. The van der Waals surface area contributed by atoms with Crippen LogP contribution in [-0.2, 0) is 13.0 Å². The van der Waals surface area contributed by atoms with E-state index in [4.69, 9.17) is 20.6 Å². The molecule has 0 aliphatic carbocycles. The van der Waals surface area contributed by atoms with E-state index in [9.17, 15) is 0 Å². The van der Waals surface area contributed by atoms with Gasteiger partial charge in [0, 0.05) is 43.6 Å². The SMILES string of the molecule is COc1cc(N2CC(N(C)C)C2)c(N)cc1Nc1nccc(-c2cc3n(n2)CCCC3)n1. The zero-order valence-corrected chi connectivity index (χ0v) is 18.9. The van der Waals surface area contributed by atoms with Gasteiger partial charge in [0.05, 0.1) is 29.9 Å². The molecule has 3 N–H and O–H groups in total. The highest BCUT2D eigenvalue weighted by Crippen LogP contribution is 2.38. The lowest BCUT2D eigenvalue weighted by Crippen LogP contribution is -2.57. The minimum Gasteiger partial charge on any atom is -0.494 e. The van der Waals surface area contributed by atoms with Crippen LogP contribution < -0.4 is 20.7 Å². The molecule has 0 saturated carbocycles. The molecule has 0 bridgehead atoms. The summed E-state index contributed by atoms with van der Waals surface area (Å²) in [6.07, 6.45) is 5.20. The molecule has 2 aliphatic heterocycles. The minimum atomic E-state index is 0.482. The third kappa shape index (κ3) is 3.84. The lowest BCUT2D eigenvalue weighted by molar-refractivity contribution is 0.247. The predicted molar refractivity (Wildman–Crippen MR) is 127 cm³/mol. The van der Waals surface area contributed by atoms with Gasteiger partial charge in [-0.1, -0.05) is 0 Å². The van der Waals surface area contributed by atoms with Crippen LogP contribution in [0, 0.1) is 0 Å². The molecule has 1 saturated heterocycles. The Morgan fingerprint density at radius 2 is 2.00 bits per heavy atom. The first-order valence-corrected chi connectivity index (χ1v) is 11.1. The number of hydrogen-bond acceptors (Lipinski definition) is 8. The van der Waals surface area contributed by atoms with Gasteiger partial charge in [0.25, 0.3) is 0 Å². The van der Waals surface area contributed by atoms with Crippen LogP contribution in [0.25, 0.3) is 11.4 Å². The zero-order valence-electron chi connectivity index (χ0n) is 18.9. The molecular weight excluding hydrogens is 404 g/mol. The van der Waals surface area contributed by atoms with Crippen molar-refractivity contribution < 1.29 is 4.74 Å². The highest BCUT2D eigenvalue weighted by atomic mass is 16.5. The van der Waals surface area contributed by atoms with Crippen molar-refractivity contribution in [2.45, 2.75) is 31.8 Å². The van der Waals surface area contributed by atoms with E-state index in [1.165, 1.54) is 18.5 Å². The molecule has 32 heavy (non-hydrogen) atoms. The van der Waals surface area contributed by atoms with E-state index in [-0.39, 0.29) is 0 Å². The molecule has 0 amide bonds. The molecule has 0 atom stereocenters. The number of nitrogens with two attached hydrogens (primary N) is 1. The number of aryl methyl sites for hydroxylation is 2. The van der Waals surface area contributed by atoms with Gasteiger partial charge in [0.1, 0.15) is 11.4 Å². The summed E-state index contributed by atoms with van der Waals surface area (Å²) in [6.45, 7) is 2.88. The second kappa shape index (κ2) is 8.31. The Morgan fingerprint density at radius 1 is 1.16 bits per heavy atom. The van der Waals surface area contributed by atoms with Crippen LogP contribution >= 0.6 is 0 Å². The maximum Gasteiger partial charge on any atom is 0.227 e. The predicted octanol–water partition coefficient (Wildman–Crippen LogP) is 2.76.